The molecule has 5 nitrogen and oxygen atoms in total. The van der Waals surface area contributed by atoms with E-state index in [0.717, 1.165) is 0 Å². The lowest BCUT2D eigenvalue weighted by atomic mass is 10.3. The second-order valence-corrected chi connectivity index (χ2v) is 6.00. The molecule has 102 valence electrons. The van der Waals surface area contributed by atoms with Gasteiger partial charge in [0.15, 0.2) is 0 Å². The zero-order chi connectivity index (χ0) is 13.6. The zero-order valence-electron chi connectivity index (χ0n) is 10.4. The standard InChI is InChI=1S/C11H17ClN2O3S/c1-13-6-3-7-18(15,16)14-10-8-9(12)4-5-11(10)17-2/h4-5,8,13-14H,3,6-7H2,1-2H3. The lowest BCUT2D eigenvalue weighted by molar-refractivity contribution is 0.417. The summed E-state index contributed by atoms with van der Waals surface area (Å²) in [7, 11) is -0.133. The molecule has 0 aromatic heterocycles. The van der Waals surface area contributed by atoms with Crippen molar-refractivity contribution in [3.8, 4) is 5.75 Å². The summed E-state index contributed by atoms with van der Waals surface area (Å²) < 4.78 is 31.2. The number of nitrogens with one attached hydrogen (secondary N) is 2. The van der Waals surface area contributed by atoms with E-state index in [0.29, 0.717) is 29.4 Å². The summed E-state index contributed by atoms with van der Waals surface area (Å²) in [6, 6.07) is 4.78. The van der Waals surface area contributed by atoms with Gasteiger partial charge in [0.05, 0.1) is 18.6 Å². The summed E-state index contributed by atoms with van der Waals surface area (Å²) in [6.45, 7) is 0.646. The number of sulfonamides is 1. The van der Waals surface area contributed by atoms with Crippen LogP contribution in [0.15, 0.2) is 18.2 Å². The van der Waals surface area contributed by atoms with Crippen molar-refractivity contribution in [1.29, 1.82) is 0 Å². The maximum atomic E-state index is 11.8. The van der Waals surface area contributed by atoms with Crippen LogP contribution in [-0.4, -0.2) is 34.9 Å². The number of benzene rings is 1. The Labute approximate surface area is 113 Å². The van der Waals surface area contributed by atoms with Crippen molar-refractivity contribution in [3.05, 3.63) is 23.2 Å². The Morgan fingerprint density at radius 1 is 1.39 bits per heavy atom. The fraction of sp³-hybridized carbons (Fsp3) is 0.455. The van der Waals surface area contributed by atoms with Gasteiger partial charge in [0.2, 0.25) is 10.0 Å². The largest absolute Gasteiger partial charge is 0.495 e. The molecule has 0 aliphatic heterocycles. The Hall–Kier alpha value is -0.980. The van der Waals surface area contributed by atoms with E-state index in [1.807, 2.05) is 0 Å². The third-order valence-corrected chi connectivity index (χ3v) is 3.86. The van der Waals surface area contributed by atoms with Gasteiger partial charge in [-0.15, -0.1) is 0 Å². The van der Waals surface area contributed by atoms with Gasteiger partial charge in [-0.25, -0.2) is 8.42 Å². The number of hydrogen-bond acceptors (Lipinski definition) is 4. The molecule has 0 aliphatic carbocycles. The molecular formula is C11H17ClN2O3S. The van der Waals surface area contributed by atoms with E-state index in [1.165, 1.54) is 13.2 Å². The lowest BCUT2D eigenvalue weighted by Gasteiger charge is -2.12. The fourth-order valence-corrected chi connectivity index (χ4v) is 2.71. The lowest BCUT2D eigenvalue weighted by Crippen LogP contribution is -2.20. The molecule has 0 spiro atoms. The van der Waals surface area contributed by atoms with Crippen LogP contribution >= 0.6 is 11.6 Å². The average molecular weight is 293 g/mol. The molecule has 0 saturated heterocycles. The fourth-order valence-electron chi connectivity index (χ4n) is 1.42. The number of ether oxygens (including phenoxy) is 1. The summed E-state index contributed by atoms with van der Waals surface area (Å²) >= 11 is 5.83. The number of methoxy groups -OCH3 is 1. The molecule has 1 aromatic carbocycles. The van der Waals surface area contributed by atoms with Gasteiger partial charge in [0.25, 0.3) is 0 Å². The molecule has 1 rings (SSSR count). The van der Waals surface area contributed by atoms with Gasteiger partial charge in [0, 0.05) is 5.02 Å². The summed E-state index contributed by atoms with van der Waals surface area (Å²) in [4.78, 5) is 0. The van der Waals surface area contributed by atoms with Gasteiger partial charge in [-0.2, -0.15) is 0 Å². The Morgan fingerprint density at radius 2 is 2.11 bits per heavy atom. The summed E-state index contributed by atoms with van der Waals surface area (Å²) in [5, 5.41) is 3.35. The van der Waals surface area contributed by atoms with Crippen LogP contribution in [0.1, 0.15) is 6.42 Å². The second-order valence-electron chi connectivity index (χ2n) is 3.72. The Balaban J connectivity index is 2.79. The molecule has 0 atom stereocenters. The van der Waals surface area contributed by atoms with E-state index in [1.54, 1.807) is 19.2 Å². The Morgan fingerprint density at radius 3 is 2.72 bits per heavy atom. The van der Waals surface area contributed by atoms with E-state index in [2.05, 4.69) is 10.0 Å². The normalized spacial score (nSPS) is 11.3. The molecule has 0 radical (unpaired) electrons. The van der Waals surface area contributed by atoms with Crippen molar-refractivity contribution in [2.24, 2.45) is 0 Å². The van der Waals surface area contributed by atoms with E-state index in [4.69, 9.17) is 16.3 Å². The Bertz CT molecular complexity index is 491. The van der Waals surface area contributed by atoms with Crippen LogP contribution in [0.2, 0.25) is 5.02 Å². The van der Waals surface area contributed by atoms with Gasteiger partial charge in [-0.1, -0.05) is 11.6 Å². The third-order valence-electron chi connectivity index (χ3n) is 2.27. The first kappa shape index (κ1) is 15.1. The maximum absolute atomic E-state index is 11.8. The number of hydrogen-bond donors (Lipinski definition) is 2. The van der Waals surface area contributed by atoms with Gasteiger partial charge in [0.1, 0.15) is 5.75 Å². The molecule has 0 amide bonds. The third kappa shape index (κ3) is 4.72. The van der Waals surface area contributed by atoms with Crippen LogP contribution in [0.25, 0.3) is 0 Å². The first-order valence-electron chi connectivity index (χ1n) is 5.47. The average Bonchev–Trinajstić information content (AvgIpc) is 2.29. The van der Waals surface area contributed by atoms with Gasteiger partial charge in [-0.05, 0) is 38.2 Å². The number of halogens is 1. The highest BCUT2D eigenvalue weighted by atomic mass is 35.5. The minimum absolute atomic E-state index is 0.0451. The molecule has 1 aromatic rings. The molecule has 2 N–H and O–H groups in total. The quantitative estimate of drug-likeness (QED) is 0.751. The van der Waals surface area contributed by atoms with Gasteiger partial charge >= 0.3 is 0 Å². The minimum Gasteiger partial charge on any atom is -0.495 e. The Kier molecular flexibility index (Phi) is 5.71. The second kappa shape index (κ2) is 6.82. The van der Waals surface area contributed by atoms with Crippen LogP contribution in [0.5, 0.6) is 5.75 Å². The van der Waals surface area contributed by atoms with Crippen LogP contribution in [-0.2, 0) is 10.0 Å². The summed E-state index contributed by atoms with van der Waals surface area (Å²) in [6.07, 6.45) is 0.536. The maximum Gasteiger partial charge on any atom is 0.232 e. The predicted molar refractivity (Wildman–Crippen MR) is 74.0 cm³/mol. The highest BCUT2D eigenvalue weighted by Gasteiger charge is 2.13. The molecule has 18 heavy (non-hydrogen) atoms. The predicted octanol–water partition coefficient (Wildman–Crippen LogP) is 1.70. The topological polar surface area (TPSA) is 67.4 Å². The van der Waals surface area contributed by atoms with E-state index >= 15 is 0 Å². The number of anilines is 1. The van der Waals surface area contributed by atoms with Crippen molar-refractivity contribution in [2.75, 3.05) is 31.2 Å². The van der Waals surface area contributed by atoms with E-state index in [-0.39, 0.29) is 5.75 Å². The molecule has 0 bridgehead atoms. The van der Waals surface area contributed by atoms with Crippen molar-refractivity contribution in [3.63, 3.8) is 0 Å². The van der Waals surface area contributed by atoms with Crippen LogP contribution in [0.4, 0.5) is 5.69 Å². The summed E-state index contributed by atoms with van der Waals surface area (Å²) in [5.41, 5.74) is 0.356. The van der Waals surface area contributed by atoms with Gasteiger partial charge < -0.3 is 10.1 Å². The van der Waals surface area contributed by atoms with Crippen LogP contribution in [0.3, 0.4) is 0 Å². The minimum atomic E-state index is -3.38. The van der Waals surface area contributed by atoms with Crippen molar-refractivity contribution < 1.29 is 13.2 Å². The molecule has 0 saturated carbocycles. The molecule has 0 fully saturated rings. The van der Waals surface area contributed by atoms with Gasteiger partial charge in [-0.3, -0.25) is 4.72 Å². The van der Waals surface area contributed by atoms with E-state index < -0.39 is 10.0 Å². The molecule has 7 heteroatoms. The van der Waals surface area contributed by atoms with E-state index in [9.17, 15) is 8.42 Å². The first-order valence-corrected chi connectivity index (χ1v) is 7.50. The molecule has 0 heterocycles. The van der Waals surface area contributed by atoms with Crippen LogP contribution < -0.4 is 14.8 Å². The monoisotopic (exact) mass is 292 g/mol. The highest BCUT2D eigenvalue weighted by molar-refractivity contribution is 7.92. The molecule has 0 aliphatic rings. The summed E-state index contributed by atoms with van der Waals surface area (Å²) in [5.74, 6) is 0.486. The van der Waals surface area contributed by atoms with Crippen molar-refractivity contribution in [1.82, 2.24) is 5.32 Å². The number of rotatable bonds is 7. The smallest absolute Gasteiger partial charge is 0.232 e. The molecule has 0 unspecified atom stereocenters. The van der Waals surface area contributed by atoms with Crippen LogP contribution in [0, 0.1) is 0 Å². The highest BCUT2D eigenvalue weighted by Crippen LogP contribution is 2.28. The SMILES string of the molecule is CNCCCS(=O)(=O)Nc1cc(Cl)ccc1OC. The van der Waals surface area contributed by atoms with Crippen molar-refractivity contribution >= 4 is 27.3 Å². The zero-order valence-corrected chi connectivity index (χ0v) is 11.9. The molecular weight excluding hydrogens is 276 g/mol. The first-order chi connectivity index (χ1) is 8.48. The van der Waals surface area contributed by atoms with Crippen molar-refractivity contribution in [2.45, 2.75) is 6.42 Å².